The van der Waals surface area contributed by atoms with Gasteiger partial charge in [-0.25, -0.2) is 4.90 Å². The zero-order valence-corrected chi connectivity index (χ0v) is 11.6. The quantitative estimate of drug-likeness (QED) is 0.861. The summed E-state index contributed by atoms with van der Waals surface area (Å²) >= 11 is 11.8. The molecular formula is C12H8Cl2N4O2. The minimum Gasteiger partial charge on any atom is -0.397 e. The van der Waals surface area contributed by atoms with Crippen molar-refractivity contribution in [3.05, 3.63) is 22.2 Å². The molecule has 0 aliphatic rings. The van der Waals surface area contributed by atoms with Crippen molar-refractivity contribution in [2.75, 3.05) is 10.6 Å². The van der Waals surface area contributed by atoms with Gasteiger partial charge in [0.1, 0.15) is 12.8 Å². The number of nitriles is 2. The van der Waals surface area contributed by atoms with Gasteiger partial charge in [-0.15, -0.1) is 0 Å². The first-order chi connectivity index (χ1) is 9.42. The molecule has 20 heavy (non-hydrogen) atoms. The van der Waals surface area contributed by atoms with E-state index in [-0.39, 0.29) is 21.4 Å². The Labute approximate surface area is 124 Å². The molecule has 0 saturated carbocycles. The van der Waals surface area contributed by atoms with Crippen molar-refractivity contribution in [2.45, 2.75) is 12.8 Å². The van der Waals surface area contributed by atoms with Gasteiger partial charge in [0.2, 0.25) is 11.8 Å². The van der Waals surface area contributed by atoms with Crippen LogP contribution in [-0.2, 0) is 9.59 Å². The van der Waals surface area contributed by atoms with Gasteiger partial charge < -0.3 is 5.73 Å². The first kappa shape index (κ1) is 15.8. The van der Waals surface area contributed by atoms with Gasteiger partial charge in [0, 0.05) is 0 Å². The number of nitrogen functional groups attached to an aromatic ring is 1. The van der Waals surface area contributed by atoms with E-state index in [0.717, 1.165) is 0 Å². The molecule has 8 heteroatoms. The third kappa shape index (κ3) is 3.39. The van der Waals surface area contributed by atoms with Gasteiger partial charge in [0.25, 0.3) is 0 Å². The molecule has 0 aromatic heterocycles. The molecule has 0 fully saturated rings. The number of hydrogen-bond acceptors (Lipinski definition) is 5. The van der Waals surface area contributed by atoms with Crippen LogP contribution in [0.25, 0.3) is 0 Å². The van der Waals surface area contributed by atoms with Crippen molar-refractivity contribution >= 4 is 46.4 Å². The van der Waals surface area contributed by atoms with E-state index < -0.39 is 24.7 Å². The summed E-state index contributed by atoms with van der Waals surface area (Å²) in [6.07, 6.45) is -1.06. The molecule has 1 aromatic rings. The summed E-state index contributed by atoms with van der Waals surface area (Å²) in [5.41, 5.74) is 5.72. The average molecular weight is 311 g/mol. The lowest BCUT2D eigenvalue weighted by atomic mass is 10.2. The Morgan fingerprint density at radius 1 is 1.10 bits per heavy atom. The number of anilines is 2. The van der Waals surface area contributed by atoms with Gasteiger partial charge in [-0.2, -0.15) is 10.5 Å². The molecule has 0 heterocycles. The molecule has 102 valence electrons. The molecule has 2 amide bonds. The van der Waals surface area contributed by atoms with Crippen LogP contribution in [0.2, 0.25) is 10.0 Å². The molecule has 0 aliphatic heterocycles. The Morgan fingerprint density at radius 2 is 1.60 bits per heavy atom. The minimum absolute atomic E-state index is 0.00799. The lowest BCUT2D eigenvalue weighted by Crippen LogP contribution is -2.36. The fourth-order valence-corrected chi connectivity index (χ4v) is 1.84. The number of benzene rings is 1. The number of carbonyl (C=O) groups is 2. The van der Waals surface area contributed by atoms with E-state index in [2.05, 4.69) is 0 Å². The van der Waals surface area contributed by atoms with Crippen molar-refractivity contribution in [2.24, 2.45) is 0 Å². The van der Waals surface area contributed by atoms with Crippen LogP contribution in [0.5, 0.6) is 0 Å². The zero-order chi connectivity index (χ0) is 15.3. The minimum atomic E-state index is -0.796. The Hall–Kier alpha value is -2.28. The third-order valence-electron chi connectivity index (χ3n) is 2.27. The summed E-state index contributed by atoms with van der Waals surface area (Å²) in [4.78, 5) is 24.4. The number of carbonyl (C=O) groups excluding carboxylic acids is 2. The number of hydrogen-bond donors (Lipinski definition) is 1. The number of imide groups is 1. The predicted molar refractivity (Wildman–Crippen MR) is 73.8 cm³/mol. The van der Waals surface area contributed by atoms with Crippen molar-refractivity contribution < 1.29 is 9.59 Å². The second kappa shape index (κ2) is 6.76. The third-order valence-corrected chi connectivity index (χ3v) is 2.90. The number of nitrogens with zero attached hydrogens (tertiary/aromatic N) is 3. The average Bonchev–Trinajstić information content (AvgIpc) is 2.36. The van der Waals surface area contributed by atoms with Crippen LogP contribution in [0.4, 0.5) is 11.4 Å². The Bertz CT molecular complexity index is 618. The van der Waals surface area contributed by atoms with Gasteiger partial charge in [0.05, 0.1) is 33.6 Å². The highest BCUT2D eigenvalue weighted by Gasteiger charge is 2.25. The number of nitrogens with two attached hydrogens (primary N) is 1. The maximum atomic E-state index is 11.8. The molecule has 0 spiro atoms. The molecule has 6 nitrogen and oxygen atoms in total. The van der Waals surface area contributed by atoms with E-state index in [0.29, 0.717) is 4.90 Å². The SMILES string of the molecule is N#CCC(=O)N(C(=O)CC#N)c1cc(Cl)c(N)cc1Cl. The van der Waals surface area contributed by atoms with E-state index >= 15 is 0 Å². The van der Waals surface area contributed by atoms with Crippen LogP contribution < -0.4 is 10.6 Å². The van der Waals surface area contributed by atoms with Gasteiger partial charge in [-0.3, -0.25) is 9.59 Å². The van der Waals surface area contributed by atoms with Crippen LogP contribution in [0.1, 0.15) is 12.8 Å². The van der Waals surface area contributed by atoms with Gasteiger partial charge in [0.15, 0.2) is 0 Å². The molecule has 0 saturated heterocycles. The monoisotopic (exact) mass is 310 g/mol. The van der Waals surface area contributed by atoms with Crippen LogP contribution >= 0.6 is 23.2 Å². The lowest BCUT2D eigenvalue weighted by molar-refractivity contribution is -0.125. The van der Waals surface area contributed by atoms with Crippen LogP contribution in [0.3, 0.4) is 0 Å². The van der Waals surface area contributed by atoms with Gasteiger partial charge in [-0.1, -0.05) is 23.2 Å². The second-order valence-corrected chi connectivity index (χ2v) is 4.43. The molecule has 0 atom stereocenters. The maximum absolute atomic E-state index is 11.8. The number of rotatable bonds is 3. The van der Waals surface area contributed by atoms with Crippen LogP contribution in [0.15, 0.2) is 12.1 Å². The van der Waals surface area contributed by atoms with Crippen molar-refractivity contribution in [1.29, 1.82) is 10.5 Å². The smallest absolute Gasteiger partial charge is 0.248 e. The fraction of sp³-hybridized carbons (Fsp3) is 0.167. The van der Waals surface area contributed by atoms with Crippen LogP contribution in [0, 0.1) is 22.7 Å². The summed E-state index contributed by atoms with van der Waals surface area (Å²) in [5.74, 6) is -1.59. The highest BCUT2D eigenvalue weighted by molar-refractivity contribution is 6.38. The predicted octanol–water partition coefficient (Wildman–Crippen LogP) is 2.26. The van der Waals surface area contributed by atoms with E-state index in [4.69, 9.17) is 39.5 Å². The summed E-state index contributed by atoms with van der Waals surface area (Å²) in [7, 11) is 0. The van der Waals surface area contributed by atoms with E-state index in [1.165, 1.54) is 12.1 Å². The molecular weight excluding hydrogens is 303 g/mol. The highest BCUT2D eigenvalue weighted by Crippen LogP contribution is 2.34. The Morgan fingerprint density at radius 3 is 2.05 bits per heavy atom. The molecule has 0 radical (unpaired) electrons. The van der Waals surface area contributed by atoms with Crippen molar-refractivity contribution in [3.8, 4) is 12.1 Å². The molecule has 2 N–H and O–H groups in total. The van der Waals surface area contributed by atoms with Crippen LogP contribution in [-0.4, -0.2) is 11.8 Å². The topological polar surface area (TPSA) is 111 Å². The van der Waals surface area contributed by atoms with Gasteiger partial charge >= 0.3 is 0 Å². The van der Waals surface area contributed by atoms with E-state index in [1.807, 2.05) is 0 Å². The molecule has 1 aromatic carbocycles. The van der Waals surface area contributed by atoms with E-state index in [9.17, 15) is 9.59 Å². The summed E-state index contributed by atoms with van der Waals surface area (Å²) in [6, 6.07) is 5.79. The van der Waals surface area contributed by atoms with Crippen molar-refractivity contribution in [1.82, 2.24) is 0 Å². The molecule has 0 unspecified atom stereocenters. The zero-order valence-electron chi connectivity index (χ0n) is 10.1. The molecule has 0 aliphatic carbocycles. The highest BCUT2D eigenvalue weighted by atomic mass is 35.5. The summed E-state index contributed by atoms with van der Waals surface area (Å²) < 4.78 is 0. The standard InChI is InChI=1S/C12H8Cl2N4O2/c13-7-6-10(8(14)5-9(7)17)18(11(19)1-3-15)12(20)2-4-16/h5-6H,1-2,17H2. The number of halogens is 2. The summed E-state index contributed by atoms with van der Waals surface area (Å²) in [6.45, 7) is 0. The number of amides is 2. The van der Waals surface area contributed by atoms with E-state index in [1.54, 1.807) is 12.1 Å². The fourth-order valence-electron chi connectivity index (χ4n) is 1.42. The molecule has 0 bridgehead atoms. The van der Waals surface area contributed by atoms with Gasteiger partial charge in [-0.05, 0) is 12.1 Å². The normalized spacial score (nSPS) is 9.40. The summed E-state index contributed by atoms with van der Waals surface area (Å²) in [5, 5.41) is 17.2. The first-order valence-corrected chi connectivity index (χ1v) is 6.02. The van der Waals surface area contributed by atoms with Crippen molar-refractivity contribution in [3.63, 3.8) is 0 Å². The second-order valence-electron chi connectivity index (χ2n) is 3.62. The Kier molecular flexibility index (Phi) is 5.33. The largest absolute Gasteiger partial charge is 0.397 e. The lowest BCUT2D eigenvalue weighted by Gasteiger charge is -2.20. The molecule has 1 rings (SSSR count). The first-order valence-electron chi connectivity index (χ1n) is 5.26. The maximum Gasteiger partial charge on any atom is 0.248 e. The Balaban J connectivity index is 3.35.